The van der Waals surface area contributed by atoms with Crippen LogP contribution in [0.2, 0.25) is 0 Å². The molecule has 1 aromatic carbocycles. The van der Waals surface area contributed by atoms with Gasteiger partial charge < -0.3 is 5.32 Å². The zero-order chi connectivity index (χ0) is 16.9. The van der Waals surface area contributed by atoms with Crippen LogP contribution in [-0.4, -0.2) is 4.98 Å². The average molecular weight is 397 g/mol. The smallest absolute Gasteiger partial charge is 0.126 e. The van der Waals surface area contributed by atoms with Crippen LogP contribution in [0.3, 0.4) is 0 Å². The highest BCUT2D eigenvalue weighted by Gasteiger charge is 2.54. The summed E-state index contributed by atoms with van der Waals surface area (Å²) in [5, 5.41) is 3.85. The van der Waals surface area contributed by atoms with Crippen LogP contribution in [0.5, 0.6) is 0 Å². The van der Waals surface area contributed by atoms with Gasteiger partial charge in [0.2, 0.25) is 0 Å². The number of rotatable bonds is 4. The topological polar surface area (TPSA) is 24.9 Å². The molecule has 4 aliphatic carbocycles. The summed E-state index contributed by atoms with van der Waals surface area (Å²) in [4.78, 5) is 4.61. The third-order valence-electron chi connectivity index (χ3n) is 6.85. The van der Waals surface area contributed by atoms with Crippen molar-refractivity contribution in [3.8, 4) is 0 Å². The van der Waals surface area contributed by atoms with Crippen LogP contribution >= 0.6 is 15.9 Å². The molecule has 1 atom stereocenters. The van der Waals surface area contributed by atoms with Crippen molar-refractivity contribution in [2.24, 2.45) is 23.2 Å². The maximum atomic E-state index is 4.61. The van der Waals surface area contributed by atoms with Crippen molar-refractivity contribution < 1.29 is 0 Å². The molecule has 1 N–H and O–H groups in total. The minimum absolute atomic E-state index is 0.371. The maximum Gasteiger partial charge on any atom is 0.126 e. The molecule has 0 saturated heterocycles. The van der Waals surface area contributed by atoms with Crippen molar-refractivity contribution in [3.63, 3.8) is 0 Å². The Balaban J connectivity index is 1.52. The van der Waals surface area contributed by atoms with Crippen molar-refractivity contribution in [1.82, 2.24) is 4.98 Å². The fourth-order valence-corrected chi connectivity index (χ4v) is 6.61. The quantitative estimate of drug-likeness (QED) is 0.663. The van der Waals surface area contributed by atoms with E-state index in [-0.39, 0.29) is 0 Å². The summed E-state index contributed by atoms with van der Waals surface area (Å²) in [6.45, 7) is 0. The number of nitrogens with one attached hydrogen (secondary N) is 1. The molecule has 3 heteroatoms. The Morgan fingerprint density at radius 2 is 1.56 bits per heavy atom. The maximum absolute atomic E-state index is 4.61. The highest BCUT2D eigenvalue weighted by Crippen LogP contribution is 2.64. The Kier molecular flexibility index (Phi) is 3.89. The lowest BCUT2D eigenvalue weighted by Crippen LogP contribution is -2.50. The fourth-order valence-electron chi connectivity index (χ4n) is 6.38. The molecule has 0 aliphatic heterocycles. The molecule has 130 valence electrons. The number of benzene rings is 1. The Hall–Kier alpha value is -1.35. The fraction of sp³-hybridized carbons (Fsp3) is 0.500. The first-order valence-corrected chi connectivity index (χ1v) is 10.4. The summed E-state index contributed by atoms with van der Waals surface area (Å²) >= 11 is 3.50. The van der Waals surface area contributed by atoms with Crippen molar-refractivity contribution in [2.75, 3.05) is 5.32 Å². The van der Waals surface area contributed by atoms with Gasteiger partial charge in [-0.15, -0.1) is 0 Å². The summed E-state index contributed by atoms with van der Waals surface area (Å²) in [5.41, 5.74) is 1.83. The van der Waals surface area contributed by atoms with E-state index in [0.717, 1.165) is 28.0 Å². The van der Waals surface area contributed by atoms with Crippen molar-refractivity contribution in [1.29, 1.82) is 0 Å². The lowest BCUT2D eigenvalue weighted by Gasteiger charge is -2.59. The van der Waals surface area contributed by atoms with Gasteiger partial charge in [-0.1, -0.05) is 30.3 Å². The van der Waals surface area contributed by atoms with Gasteiger partial charge in [-0.3, -0.25) is 0 Å². The van der Waals surface area contributed by atoms with Crippen LogP contribution in [0, 0.1) is 23.2 Å². The van der Waals surface area contributed by atoms with Crippen LogP contribution in [0.1, 0.15) is 50.1 Å². The van der Waals surface area contributed by atoms with E-state index in [0.29, 0.717) is 11.5 Å². The Bertz CT molecular complexity index is 705. The number of pyridine rings is 1. The van der Waals surface area contributed by atoms with E-state index in [1.807, 2.05) is 6.20 Å². The Labute approximate surface area is 158 Å². The predicted molar refractivity (Wildman–Crippen MR) is 105 cm³/mol. The van der Waals surface area contributed by atoms with Crippen LogP contribution in [-0.2, 0) is 0 Å². The van der Waals surface area contributed by atoms with E-state index in [2.05, 4.69) is 68.7 Å². The third kappa shape index (κ3) is 2.91. The van der Waals surface area contributed by atoms with Gasteiger partial charge in [0.15, 0.2) is 0 Å². The van der Waals surface area contributed by atoms with E-state index in [9.17, 15) is 0 Å². The van der Waals surface area contributed by atoms with Gasteiger partial charge in [0.1, 0.15) is 5.82 Å². The van der Waals surface area contributed by atoms with E-state index in [4.69, 9.17) is 0 Å². The molecule has 0 amide bonds. The van der Waals surface area contributed by atoms with Crippen molar-refractivity contribution in [3.05, 3.63) is 58.7 Å². The van der Waals surface area contributed by atoms with Gasteiger partial charge in [0, 0.05) is 10.7 Å². The van der Waals surface area contributed by atoms with Gasteiger partial charge in [0.25, 0.3) is 0 Å². The zero-order valence-corrected chi connectivity index (χ0v) is 16.1. The molecule has 25 heavy (non-hydrogen) atoms. The molecule has 1 aromatic heterocycles. The van der Waals surface area contributed by atoms with E-state index >= 15 is 0 Å². The Morgan fingerprint density at radius 3 is 2.12 bits per heavy atom. The highest BCUT2D eigenvalue weighted by molar-refractivity contribution is 9.10. The number of halogens is 1. The normalized spacial score (nSPS) is 34.0. The lowest BCUT2D eigenvalue weighted by atomic mass is 9.47. The molecule has 4 aliphatic rings. The number of anilines is 1. The Morgan fingerprint density at radius 1 is 0.920 bits per heavy atom. The standard InChI is InChI=1S/C22H25BrN2/c23-19-6-7-20(24-14-19)25-21(18-4-2-1-3-5-18)22-11-15-8-16(12-22)10-17(9-15)13-22/h1-7,14-17,21H,8-13H2,(H,24,25). The number of aromatic nitrogens is 1. The van der Waals surface area contributed by atoms with Crippen LogP contribution in [0.4, 0.5) is 5.82 Å². The average Bonchev–Trinajstić information content (AvgIpc) is 2.61. The molecule has 0 radical (unpaired) electrons. The zero-order valence-electron chi connectivity index (χ0n) is 14.5. The molecule has 1 heterocycles. The minimum Gasteiger partial charge on any atom is -0.363 e. The van der Waals surface area contributed by atoms with Gasteiger partial charge >= 0.3 is 0 Å². The first-order chi connectivity index (χ1) is 12.2. The summed E-state index contributed by atoms with van der Waals surface area (Å²) in [6, 6.07) is 15.6. The van der Waals surface area contributed by atoms with E-state index in [1.54, 1.807) is 0 Å². The summed E-state index contributed by atoms with van der Waals surface area (Å²) in [6.07, 6.45) is 10.5. The molecule has 0 spiro atoms. The second-order valence-electron chi connectivity index (χ2n) is 8.63. The largest absolute Gasteiger partial charge is 0.363 e. The van der Waals surface area contributed by atoms with Gasteiger partial charge in [-0.25, -0.2) is 4.98 Å². The highest BCUT2D eigenvalue weighted by atomic mass is 79.9. The first-order valence-electron chi connectivity index (χ1n) is 9.63. The summed E-state index contributed by atoms with van der Waals surface area (Å²) < 4.78 is 1.03. The van der Waals surface area contributed by atoms with E-state index in [1.165, 1.54) is 44.1 Å². The van der Waals surface area contributed by atoms with E-state index < -0.39 is 0 Å². The molecule has 2 nitrogen and oxygen atoms in total. The molecule has 2 aromatic rings. The van der Waals surface area contributed by atoms with Crippen molar-refractivity contribution >= 4 is 21.7 Å². The minimum atomic E-state index is 0.371. The molecule has 6 rings (SSSR count). The van der Waals surface area contributed by atoms with Gasteiger partial charge in [-0.05, 0) is 95.3 Å². The second-order valence-corrected chi connectivity index (χ2v) is 9.55. The lowest BCUT2D eigenvalue weighted by molar-refractivity contribution is -0.0640. The summed E-state index contributed by atoms with van der Waals surface area (Å²) in [7, 11) is 0. The van der Waals surface area contributed by atoms with Crippen LogP contribution in [0.25, 0.3) is 0 Å². The molecule has 4 saturated carbocycles. The molecular formula is C22H25BrN2. The monoisotopic (exact) mass is 396 g/mol. The number of hydrogen-bond donors (Lipinski definition) is 1. The van der Waals surface area contributed by atoms with Crippen molar-refractivity contribution in [2.45, 2.75) is 44.6 Å². The summed E-state index contributed by atoms with van der Waals surface area (Å²) in [5.74, 6) is 3.86. The first kappa shape index (κ1) is 15.9. The molecule has 1 unspecified atom stereocenters. The van der Waals surface area contributed by atoms with Gasteiger partial charge in [0.05, 0.1) is 6.04 Å². The third-order valence-corrected chi connectivity index (χ3v) is 7.32. The SMILES string of the molecule is Brc1ccc(NC(c2ccccc2)C23CC4CC(CC(C4)C2)C3)nc1. The number of nitrogens with zero attached hydrogens (tertiary/aromatic N) is 1. The van der Waals surface area contributed by atoms with Crippen LogP contribution < -0.4 is 5.32 Å². The number of hydrogen-bond acceptors (Lipinski definition) is 2. The molecular weight excluding hydrogens is 372 g/mol. The molecule has 4 bridgehead atoms. The predicted octanol–water partition coefficient (Wildman–Crippen LogP) is 6.21. The molecule has 4 fully saturated rings. The van der Waals surface area contributed by atoms with Gasteiger partial charge in [-0.2, -0.15) is 0 Å². The second kappa shape index (κ2) is 6.12. The van der Waals surface area contributed by atoms with Crippen LogP contribution in [0.15, 0.2) is 53.1 Å².